The highest BCUT2D eigenvalue weighted by atomic mass is 16.7. The maximum Gasteiger partial charge on any atom is 0.251 e. The first-order chi connectivity index (χ1) is 19.4. The second-order valence-corrected chi connectivity index (χ2v) is 10.4. The molecule has 6 heteroatoms. The first-order valence-corrected chi connectivity index (χ1v) is 13.6. The molecule has 1 N–H and O–H groups in total. The van der Waals surface area contributed by atoms with Crippen molar-refractivity contribution in [2.45, 2.75) is 45.7 Å². The Morgan fingerprint density at radius 3 is 2.23 bits per heavy atom. The second-order valence-electron chi connectivity index (χ2n) is 10.4. The van der Waals surface area contributed by atoms with Crippen LogP contribution in [0.4, 0.5) is 5.69 Å². The monoisotopic (exact) mass is 534 g/mol. The van der Waals surface area contributed by atoms with Crippen LogP contribution in [0.2, 0.25) is 0 Å². The first kappa shape index (κ1) is 27.0. The number of fused-ring (bicyclic) bond motifs is 1. The first-order valence-electron chi connectivity index (χ1n) is 13.6. The van der Waals surface area contributed by atoms with E-state index in [0.29, 0.717) is 29.6 Å². The lowest BCUT2D eigenvalue weighted by Gasteiger charge is -2.32. The van der Waals surface area contributed by atoms with E-state index in [0.717, 1.165) is 22.3 Å². The van der Waals surface area contributed by atoms with E-state index >= 15 is 0 Å². The van der Waals surface area contributed by atoms with Gasteiger partial charge in [-0.1, -0.05) is 92.7 Å². The van der Waals surface area contributed by atoms with Gasteiger partial charge in [0, 0.05) is 18.3 Å². The van der Waals surface area contributed by atoms with Crippen LogP contribution in [0.25, 0.3) is 0 Å². The Labute approximate surface area is 235 Å². The molecule has 204 valence electrons. The molecule has 0 bridgehead atoms. The molecule has 0 spiro atoms. The maximum atomic E-state index is 14.1. The summed E-state index contributed by atoms with van der Waals surface area (Å²) in [5, 5.41) is 3.04. The molecule has 0 fully saturated rings. The molecule has 1 aliphatic heterocycles. The predicted octanol–water partition coefficient (Wildman–Crippen LogP) is 6.80. The molecule has 2 amide bonds. The fourth-order valence-electron chi connectivity index (χ4n) is 4.89. The molecule has 0 aromatic heterocycles. The van der Waals surface area contributed by atoms with E-state index in [1.165, 1.54) is 5.56 Å². The standard InChI is InChI=1S/C34H34N2O4/c1-23(2)26-13-15-27(16-14-26)33(34(38)35-29-17-18-30-31(20-29)40-22-39-30)36(21-28-12-8-7-9-24(28)3)32(37)19-25-10-5-4-6-11-25/h4-18,20,23,33H,19,21-22H2,1-3H3,(H,35,38). The number of carbonyl (C=O) groups is 2. The van der Waals surface area contributed by atoms with Gasteiger partial charge in [0.1, 0.15) is 6.04 Å². The molecule has 4 aromatic rings. The SMILES string of the molecule is Cc1ccccc1CN(C(=O)Cc1ccccc1)C(C(=O)Nc1ccc2c(c1)OCO2)c1ccc(C(C)C)cc1. The van der Waals surface area contributed by atoms with Crippen LogP contribution in [-0.4, -0.2) is 23.5 Å². The zero-order chi connectivity index (χ0) is 28.1. The summed E-state index contributed by atoms with van der Waals surface area (Å²) >= 11 is 0. The number of amides is 2. The highest BCUT2D eigenvalue weighted by Crippen LogP contribution is 2.35. The highest BCUT2D eigenvalue weighted by molar-refractivity contribution is 5.98. The van der Waals surface area contributed by atoms with E-state index in [1.54, 1.807) is 23.1 Å². The third-order valence-electron chi connectivity index (χ3n) is 7.24. The third kappa shape index (κ3) is 6.18. The van der Waals surface area contributed by atoms with E-state index < -0.39 is 6.04 Å². The lowest BCUT2D eigenvalue weighted by atomic mass is 9.96. The molecule has 1 unspecified atom stereocenters. The van der Waals surface area contributed by atoms with E-state index in [-0.39, 0.29) is 25.0 Å². The summed E-state index contributed by atoms with van der Waals surface area (Å²) in [4.78, 5) is 29.9. The average Bonchev–Trinajstić information content (AvgIpc) is 3.42. The van der Waals surface area contributed by atoms with Gasteiger partial charge in [-0.2, -0.15) is 0 Å². The highest BCUT2D eigenvalue weighted by Gasteiger charge is 2.32. The minimum Gasteiger partial charge on any atom is -0.454 e. The predicted molar refractivity (Wildman–Crippen MR) is 156 cm³/mol. The summed E-state index contributed by atoms with van der Waals surface area (Å²) in [5.41, 5.74) is 5.43. The Morgan fingerprint density at radius 1 is 0.825 bits per heavy atom. The fourth-order valence-corrected chi connectivity index (χ4v) is 4.89. The Morgan fingerprint density at radius 2 is 1.50 bits per heavy atom. The van der Waals surface area contributed by atoms with Crippen LogP contribution in [0.3, 0.4) is 0 Å². The van der Waals surface area contributed by atoms with E-state index in [4.69, 9.17) is 9.47 Å². The van der Waals surface area contributed by atoms with Gasteiger partial charge in [-0.3, -0.25) is 9.59 Å². The number of hydrogen-bond donors (Lipinski definition) is 1. The van der Waals surface area contributed by atoms with Crippen LogP contribution >= 0.6 is 0 Å². The van der Waals surface area contributed by atoms with Crippen molar-refractivity contribution in [3.63, 3.8) is 0 Å². The number of hydrogen-bond acceptors (Lipinski definition) is 4. The maximum absolute atomic E-state index is 14.1. The Hall–Kier alpha value is -4.58. The summed E-state index contributed by atoms with van der Waals surface area (Å²) in [5.74, 6) is 1.13. The molecule has 4 aromatic carbocycles. The van der Waals surface area contributed by atoms with E-state index in [2.05, 4.69) is 19.2 Å². The smallest absolute Gasteiger partial charge is 0.251 e. The van der Waals surface area contributed by atoms with E-state index in [9.17, 15) is 9.59 Å². The quantitative estimate of drug-likeness (QED) is 0.257. The van der Waals surface area contributed by atoms with Crippen LogP contribution < -0.4 is 14.8 Å². The van der Waals surface area contributed by atoms with Gasteiger partial charge in [0.2, 0.25) is 12.7 Å². The largest absolute Gasteiger partial charge is 0.454 e. The van der Waals surface area contributed by atoms with Crippen LogP contribution in [0, 0.1) is 6.92 Å². The van der Waals surface area contributed by atoms with Crippen LogP contribution in [-0.2, 0) is 22.6 Å². The van der Waals surface area contributed by atoms with E-state index in [1.807, 2.05) is 85.8 Å². The molecule has 0 radical (unpaired) electrons. The Kier molecular flexibility index (Phi) is 8.15. The topological polar surface area (TPSA) is 67.9 Å². The van der Waals surface area contributed by atoms with Gasteiger partial charge in [-0.05, 0) is 52.8 Å². The molecule has 5 rings (SSSR count). The summed E-state index contributed by atoms with van der Waals surface area (Å²) in [6.45, 7) is 6.73. The number of carbonyl (C=O) groups excluding carboxylic acids is 2. The zero-order valence-electron chi connectivity index (χ0n) is 23.1. The number of nitrogens with one attached hydrogen (secondary N) is 1. The van der Waals surface area contributed by atoms with Crippen LogP contribution in [0.5, 0.6) is 11.5 Å². The van der Waals surface area contributed by atoms with Gasteiger partial charge >= 0.3 is 0 Å². The number of rotatable bonds is 9. The van der Waals surface area contributed by atoms with Crippen molar-refractivity contribution in [1.82, 2.24) is 4.90 Å². The van der Waals surface area contributed by atoms with Gasteiger partial charge in [0.25, 0.3) is 5.91 Å². The molecule has 6 nitrogen and oxygen atoms in total. The number of anilines is 1. The molecular formula is C34H34N2O4. The van der Waals surface area contributed by atoms with Gasteiger partial charge in [-0.15, -0.1) is 0 Å². The van der Waals surface area contributed by atoms with Crippen molar-refractivity contribution in [1.29, 1.82) is 0 Å². The minimum absolute atomic E-state index is 0.131. The average molecular weight is 535 g/mol. The fraction of sp³-hybridized carbons (Fsp3) is 0.235. The molecule has 1 heterocycles. The number of nitrogens with zero attached hydrogens (tertiary/aromatic N) is 1. The molecule has 1 aliphatic rings. The zero-order valence-corrected chi connectivity index (χ0v) is 23.1. The van der Waals surface area contributed by atoms with Crippen molar-refractivity contribution in [2.24, 2.45) is 0 Å². The second kappa shape index (κ2) is 12.1. The van der Waals surface area contributed by atoms with Gasteiger partial charge in [-0.25, -0.2) is 0 Å². The van der Waals surface area contributed by atoms with Crippen molar-refractivity contribution in [2.75, 3.05) is 12.1 Å². The Balaban J connectivity index is 1.54. The van der Waals surface area contributed by atoms with Crippen molar-refractivity contribution >= 4 is 17.5 Å². The molecule has 0 aliphatic carbocycles. The summed E-state index contributed by atoms with van der Waals surface area (Å²) in [7, 11) is 0. The van der Waals surface area contributed by atoms with Crippen LogP contribution in [0.15, 0.2) is 97.1 Å². The molecule has 40 heavy (non-hydrogen) atoms. The van der Waals surface area contributed by atoms with Crippen LogP contribution in [0.1, 0.15) is 53.6 Å². The van der Waals surface area contributed by atoms with Gasteiger partial charge < -0.3 is 19.7 Å². The summed E-state index contributed by atoms with van der Waals surface area (Å²) in [6, 6.07) is 30.0. The summed E-state index contributed by atoms with van der Waals surface area (Å²) < 4.78 is 10.9. The number of aryl methyl sites for hydroxylation is 1. The summed E-state index contributed by atoms with van der Waals surface area (Å²) in [6.07, 6.45) is 0.185. The lowest BCUT2D eigenvalue weighted by molar-refractivity contribution is -0.139. The van der Waals surface area contributed by atoms with Gasteiger partial charge in [0.05, 0.1) is 6.42 Å². The molecule has 1 atom stereocenters. The lowest BCUT2D eigenvalue weighted by Crippen LogP contribution is -2.41. The minimum atomic E-state index is -0.859. The van der Waals surface area contributed by atoms with Crippen molar-refractivity contribution in [3.8, 4) is 11.5 Å². The van der Waals surface area contributed by atoms with Gasteiger partial charge in [0.15, 0.2) is 11.5 Å². The Bertz CT molecular complexity index is 1480. The van der Waals surface area contributed by atoms with Crippen molar-refractivity contribution < 1.29 is 19.1 Å². The number of ether oxygens (including phenoxy) is 2. The molecular weight excluding hydrogens is 500 g/mol. The normalized spacial score (nSPS) is 12.7. The van der Waals surface area contributed by atoms with Crippen molar-refractivity contribution in [3.05, 3.63) is 125 Å². The molecule has 0 saturated carbocycles. The molecule has 0 saturated heterocycles. The third-order valence-corrected chi connectivity index (χ3v) is 7.24. The number of benzene rings is 4.